The number of benzene rings is 2. The van der Waals surface area contributed by atoms with Gasteiger partial charge in [0.05, 0.1) is 32.3 Å². The van der Waals surface area contributed by atoms with Gasteiger partial charge < -0.3 is 9.88 Å². The summed E-state index contributed by atoms with van der Waals surface area (Å²) in [7, 11) is 0. The summed E-state index contributed by atoms with van der Waals surface area (Å²) < 4.78 is 1.18. The Morgan fingerprint density at radius 3 is 2.78 bits per heavy atom. The van der Waals surface area contributed by atoms with Crippen LogP contribution in [0.4, 0.5) is 0 Å². The predicted molar refractivity (Wildman–Crippen MR) is 108 cm³/mol. The van der Waals surface area contributed by atoms with Crippen molar-refractivity contribution in [1.29, 1.82) is 0 Å². The number of rotatable bonds is 4. The number of hydrogen-bond acceptors (Lipinski definition) is 4. The Labute approximate surface area is 161 Å². The van der Waals surface area contributed by atoms with E-state index in [0.717, 1.165) is 46.8 Å². The number of fused-ring (bicyclic) bond motifs is 2. The van der Waals surface area contributed by atoms with Gasteiger partial charge in [0.2, 0.25) is 5.91 Å². The molecule has 2 aromatic carbocycles. The van der Waals surface area contributed by atoms with E-state index in [4.69, 9.17) is 4.98 Å². The minimum absolute atomic E-state index is 0.0558. The highest BCUT2D eigenvalue weighted by Gasteiger charge is 2.31. The van der Waals surface area contributed by atoms with Gasteiger partial charge in [-0.1, -0.05) is 24.3 Å². The van der Waals surface area contributed by atoms with Gasteiger partial charge in [-0.25, -0.2) is 9.97 Å². The molecule has 3 heterocycles. The molecule has 1 unspecified atom stereocenters. The van der Waals surface area contributed by atoms with Gasteiger partial charge in [0, 0.05) is 19.4 Å². The topological polar surface area (TPSA) is 61.9 Å². The molecule has 1 amide bonds. The standard InChI is InChI=1S/C21H20N4OS/c26-20(12-11-19-22-16-8-3-4-10-18(16)27-19)25-13-5-9-17(25)21-23-14-6-1-2-7-15(14)24-21/h1-4,6-8,10,17H,5,9,11-13H2,(H,23,24). The van der Waals surface area contributed by atoms with Gasteiger partial charge in [-0.05, 0) is 37.1 Å². The lowest BCUT2D eigenvalue weighted by molar-refractivity contribution is -0.132. The first-order valence-electron chi connectivity index (χ1n) is 9.36. The molecule has 1 fully saturated rings. The van der Waals surface area contributed by atoms with Crippen molar-refractivity contribution in [1.82, 2.24) is 19.9 Å². The molecule has 1 aliphatic rings. The summed E-state index contributed by atoms with van der Waals surface area (Å²) in [5, 5.41) is 1.03. The maximum Gasteiger partial charge on any atom is 0.223 e. The molecular formula is C21H20N4OS. The molecule has 2 aromatic heterocycles. The van der Waals surface area contributed by atoms with Crippen molar-refractivity contribution in [3.63, 3.8) is 0 Å². The van der Waals surface area contributed by atoms with E-state index in [1.165, 1.54) is 4.70 Å². The van der Waals surface area contributed by atoms with Crippen molar-refractivity contribution in [2.45, 2.75) is 31.7 Å². The van der Waals surface area contributed by atoms with Crippen LogP contribution in [-0.2, 0) is 11.2 Å². The number of imidazole rings is 1. The molecule has 6 heteroatoms. The van der Waals surface area contributed by atoms with E-state index in [2.05, 4.69) is 16.0 Å². The molecule has 27 heavy (non-hydrogen) atoms. The minimum Gasteiger partial charge on any atom is -0.340 e. The average Bonchev–Trinajstić information content (AvgIpc) is 3.42. The third kappa shape index (κ3) is 3.10. The van der Waals surface area contributed by atoms with Crippen LogP contribution in [-0.4, -0.2) is 32.3 Å². The van der Waals surface area contributed by atoms with Crippen molar-refractivity contribution in [3.05, 3.63) is 59.4 Å². The zero-order valence-electron chi connectivity index (χ0n) is 14.9. The smallest absolute Gasteiger partial charge is 0.223 e. The Bertz CT molecular complexity index is 1050. The number of likely N-dealkylation sites (tertiary alicyclic amines) is 1. The molecule has 1 saturated heterocycles. The highest BCUT2D eigenvalue weighted by molar-refractivity contribution is 7.18. The largest absolute Gasteiger partial charge is 0.340 e. The number of aryl methyl sites for hydroxylation is 1. The molecule has 1 aliphatic heterocycles. The Balaban J connectivity index is 1.31. The molecule has 0 aliphatic carbocycles. The molecule has 5 nitrogen and oxygen atoms in total. The minimum atomic E-state index is 0.0558. The van der Waals surface area contributed by atoms with Gasteiger partial charge in [-0.2, -0.15) is 0 Å². The molecule has 0 saturated carbocycles. The van der Waals surface area contributed by atoms with E-state index in [1.807, 2.05) is 47.4 Å². The number of carbonyl (C=O) groups is 1. The maximum absolute atomic E-state index is 12.9. The number of carbonyl (C=O) groups excluding carboxylic acids is 1. The van der Waals surface area contributed by atoms with Crippen molar-refractivity contribution >= 4 is 38.5 Å². The molecule has 1 N–H and O–H groups in total. The van der Waals surface area contributed by atoms with Crippen molar-refractivity contribution < 1.29 is 4.79 Å². The van der Waals surface area contributed by atoms with Crippen molar-refractivity contribution in [3.8, 4) is 0 Å². The maximum atomic E-state index is 12.9. The van der Waals surface area contributed by atoms with E-state index < -0.39 is 0 Å². The lowest BCUT2D eigenvalue weighted by Gasteiger charge is -2.23. The van der Waals surface area contributed by atoms with Crippen LogP contribution in [0.25, 0.3) is 21.3 Å². The van der Waals surface area contributed by atoms with Crippen LogP contribution >= 0.6 is 11.3 Å². The molecule has 0 bridgehead atoms. The zero-order valence-corrected chi connectivity index (χ0v) is 15.7. The monoisotopic (exact) mass is 376 g/mol. The molecule has 0 spiro atoms. The van der Waals surface area contributed by atoms with Gasteiger partial charge in [0.25, 0.3) is 0 Å². The van der Waals surface area contributed by atoms with E-state index in [9.17, 15) is 4.79 Å². The zero-order chi connectivity index (χ0) is 18.2. The van der Waals surface area contributed by atoms with Gasteiger partial charge in [0.1, 0.15) is 5.82 Å². The summed E-state index contributed by atoms with van der Waals surface area (Å²) in [5.41, 5.74) is 3.01. The molecule has 136 valence electrons. The lowest BCUT2D eigenvalue weighted by atomic mass is 10.2. The third-order valence-corrected chi connectivity index (χ3v) is 6.28. The van der Waals surface area contributed by atoms with Crippen molar-refractivity contribution in [2.75, 3.05) is 6.54 Å². The lowest BCUT2D eigenvalue weighted by Crippen LogP contribution is -2.31. The summed E-state index contributed by atoms with van der Waals surface area (Å²) in [6.07, 6.45) is 3.18. The summed E-state index contributed by atoms with van der Waals surface area (Å²) in [4.78, 5) is 27.6. The van der Waals surface area contributed by atoms with Gasteiger partial charge in [-0.15, -0.1) is 11.3 Å². The SMILES string of the molecule is O=C(CCc1nc2ccccc2s1)N1CCCC1c1nc2ccccc2[nH]1. The number of nitrogens with one attached hydrogen (secondary N) is 1. The van der Waals surface area contributed by atoms with Crippen LogP contribution in [0.5, 0.6) is 0 Å². The Morgan fingerprint density at radius 2 is 1.93 bits per heavy atom. The van der Waals surface area contributed by atoms with Crippen LogP contribution in [0.2, 0.25) is 0 Å². The van der Waals surface area contributed by atoms with Crippen LogP contribution in [0.1, 0.15) is 36.1 Å². The van der Waals surface area contributed by atoms with E-state index in [-0.39, 0.29) is 11.9 Å². The second-order valence-corrected chi connectivity index (χ2v) is 8.07. The Morgan fingerprint density at radius 1 is 1.11 bits per heavy atom. The normalized spacial score (nSPS) is 17.2. The summed E-state index contributed by atoms with van der Waals surface area (Å²) >= 11 is 1.68. The first kappa shape index (κ1) is 16.4. The second-order valence-electron chi connectivity index (χ2n) is 6.96. The average molecular weight is 376 g/mol. The van der Waals surface area contributed by atoms with Crippen LogP contribution in [0.3, 0.4) is 0 Å². The summed E-state index contributed by atoms with van der Waals surface area (Å²) in [6, 6.07) is 16.2. The van der Waals surface area contributed by atoms with Gasteiger partial charge >= 0.3 is 0 Å². The van der Waals surface area contributed by atoms with E-state index in [1.54, 1.807) is 11.3 Å². The highest BCUT2D eigenvalue weighted by atomic mass is 32.1. The highest BCUT2D eigenvalue weighted by Crippen LogP contribution is 2.32. The second kappa shape index (κ2) is 6.78. The van der Waals surface area contributed by atoms with E-state index in [0.29, 0.717) is 12.8 Å². The number of hydrogen-bond donors (Lipinski definition) is 1. The number of thiazole rings is 1. The number of amides is 1. The first-order valence-corrected chi connectivity index (χ1v) is 10.2. The Kier molecular flexibility index (Phi) is 4.13. The fourth-order valence-electron chi connectivity index (χ4n) is 3.86. The molecular weight excluding hydrogens is 356 g/mol. The number of aromatic amines is 1. The van der Waals surface area contributed by atoms with Gasteiger partial charge in [0.15, 0.2) is 0 Å². The quantitative estimate of drug-likeness (QED) is 0.572. The van der Waals surface area contributed by atoms with Crippen LogP contribution in [0.15, 0.2) is 48.5 Å². The fourth-order valence-corrected chi connectivity index (χ4v) is 4.83. The first-order chi connectivity index (χ1) is 13.3. The third-order valence-electron chi connectivity index (χ3n) is 5.19. The van der Waals surface area contributed by atoms with Gasteiger partial charge in [-0.3, -0.25) is 4.79 Å². The van der Waals surface area contributed by atoms with Crippen LogP contribution < -0.4 is 0 Å². The molecule has 1 atom stereocenters. The predicted octanol–water partition coefficient (Wildman–Crippen LogP) is 4.47. The molecule has 5 rings (SSSR count). The Hall–Kier alpha value is -2.73. The molecule has 4 aromatic rings. The number of nitrogens with zero attached hydrogens (tertiary/aromatic N) is 3. The number of para-hydroxylation sites is 3. The van der Waals surface area contributed by atoms with E-state index >= 15 is 0 Å². The summed E-state index contributed by atoms with van der Waals surface area (Å²) in [5.74, 6) is 1.10. The van der Waals surface area contributed by atoms with Crippen molar-refractivity contribution in [2.24, 2.45) is 0 Å². The summed E-state index contributed by atoms with van der Waals surface area (Å²) in [6.45, 7) is 0.806. The number of H-pyrrole nitrogens is 1. The van der Waals surface area contributed by atoms with Crippen LogP contribution in [0, 0.1) is 0 Å². The fraction of sp³-hybridized carbons (Fsp3) is 0.286. The molecule has 0 radical (unpaired) electrons. The number of aromatic nitrogens is 3.